The third-order valence-electron chi connectivity index (χ3n) is 4.38. The summed E-state index contributed by atoms with van der Waals surface area (Å²) in [7, 11) is 2.14. The Morgan fingerprint density at radius 3 is 2.58 bits per heavy atom. The van der Waals surface area contributed by atoms with Gasteiger partial charge in [0.2, 0.25) is 0 Å². The predicted molar refractivity (Wildman–Crippen MR) is 79.0 cm³/mol. The number of hydrogen-bond donors (Lipinski definition) is 0. The number of hydrogen-bond acceptors (Lipinski definition) is 2. The van der Waals surface area contributed by atoms with Crippen LogP contribution in [-0.4, -0.2) is 25.0 Å². The molecule has 0 saturated heterocycles. The van der Waals surface area contributed by atoms with Crippen molar-refractivity contribution in [1.82, 2.24) is 4.90 Å². The zero-order chi connectivity index (χ0) is 13.9. The highest BCUT2D eigenvalue weighted by molar-refractivity contribution is 5.30. The average molecular weight is 256 g/mol. The number of nitrogens with zero attached hydrogens (tertiary/aromatic N) is 2. The van der Waals surface area contributed by atoms with Crippen LogP contribution >= 0.6 is 0 Å². The molecular weight excluding hydrogens is 232 g/mol. The highest BCUT2D eigenvalue weighted by Crippen LogP contribution is 2.40. The maximum Gasteiger partial charge on any atom is 0.0703 e. The molecule has 2 nitrogen and oxygen atoms in total. The average Bonchev–Trinajstić information content (AvgIpc) is 2.33. The van der Waals surface area contributed by atoms with Crippen LogP contribution in [0.15, 0.2) is 18.2 Å². The summed E-state index contributed by atoms with van der Waals surface area (Å²) in [6, 6.07) is 9.19. The Hall–Kier alpha value is -1.33. The van der Waals surface area contributed by atoms with Gasteiger partial charge in [0, 0.05) is 13.1 Å². The highest BCUT2D eigenvalue weighted by Gasteiger charge is 2.37. The minimum absolute atomic E-state index is 0.0446. The lowest BCUT2D eigenvalue weighted by molar-refractivity contribution is 0.139. The molecule has 0 aromatic heterocycles. The van der Waals surface area contributed by atoms with Gasteiger partial charge >= 0.3 is 0 Å². The molecule has 1 aromatic carbocycles. The van der Waals surface area contributed by atoms with E-state index in [1.807, 2.05) is 0 Å². The summed E-state index contributed by atoms with van der Waals surface area (Å²) in [5.74, 6) is 0. The van der Waals surface area contributed by atoms with Crippen LogP contribution in [0.4, 0.5) is 0 Å². The molecule has 0 unspecified atom stereocenters. The second kappa shape index (κ2) is 5.75. The van der Waals surface area contributed by atoms with Crippen molar-refractivity contribution < 1.29 is 0 Å². The molecule has 1 saturated carbocycles. The quantitative estimate of drug-likeness (QED) is 0.806. The third-order valence-corrected chi connectivity index (χ3v) is 4.38. The van der Waals surface area contributed by atoms with E-state index >= 15 is 0 Å². The summed E-state index contributed by atoms with van der Waals surface area (Å²) >= 11 is 0. The van der Waals surface area contributed by atoms with Crippen molar-refractivity contribution in [2.45, 2.75) is 39.5 Å². The molecule has 0 aliphatic heterocycles. The van der Waals surface area contributed by atoms with Crippen LogP contribution in [0.2, 0.25) is 0 Å². The molecule has 0 amide bonds. The van der Waals surface area contributed by atoms with Gasteiger partial charge in [-0.3, -0.25) is 0 Å². The Bertz CT molecular complexity index is 481. The zero-order valence-corrected chi connectivity index (χ0v) is 12.4. The molecule has 0 N–H and O–H groups in total. The highest BCUT2D eigenvalue weighted by atomic mass is 15.1. The number of rotatable bonds is 5. The number of benzene rings is 1. The first-order valence-corrected chi connectivity index (χ1v) is 7.21. The second-order valence-electron chi connectivity index (χ2n) is 6.16. The van der Waals surface area contributed by atoms with Crippen molar-refractivity contribution in [3.05, 3.63) is 34.9 Å². The second-order valence-corrected chi connectivity index (χ2v) is 6.16. The lowest BCUT2D eigenvalue weighted by atomic mass is 9.69. The summed E-state index contributed by atoms with van der Waals surface area (Å²) in [4.78, 5) is 2.32. The van der Waals surface area contributed by atoms with Gasteiger partial charge in [0.1, 0.15) is 0 Å². The standard InChI is InChI=1S/C17H24N2/c1-14-5-6-16(15(2)11-14)7-10-19(3)13-17(12-18)8-4-9-17/h5-6,11H,4,7-10,13H2,1-3H3. The first-order valence-electron chi connectivity index (χ1n) is 7.21. The van der Waals surface area contributed by atoms with Gasteiger partial charge in [-0.1, -0.05) is 30.2 Å². The molecule has 102 valence electrons. The van der Waals surface area contributed by atoms with Gasteiger partial charge in [-0.15, -0.1) is 0 Å². The lowest BCUT2D eigenvalue weighted by Crippen LogP contribution is -2.40. The Labute approximate surface area is 117 Å². The topological polar surface area (TPSA) is 27.0 Å². The molecule has 0 heterocycles. The molecule has 1 aliphatic carbocycles. The maximum absolute atomic E-state index is 9.27. The molecule has 2 rings (SSSR count). The van der Waals surface area contributed by atoms with Crippen molar-refractivity contribution in [3.63, 3.8) is 0 Å². The summed E-state index contributed by atoms with van der Waals surface area (Å²) in [5, 5.41) is 9.27. The minimum Gasteiger partial charge on any atom is -0.304 e. The molecule has 1 aliphatic rings. The minimum atomic E-state index is -0.0446. The monoisotopic (exact) mass is 256 g/mol. The summed E-state index contributed by atoms with van der Waals surface area (Å²) < 4.78 is 0. The first kappa shape index (κ1) is 14.1. The van der Waals surface area contributed by atoms with E-state index in [4.69, 9.17) is 0 Å². The van der Waals surface area contributed by atoms with Crippen LogP contribution in [0.25, 0.3) is 0 Å². The maximum atomic E-state index is 9.27. The van der Waals surface area contributed by atoms with Crippen LogP contribution in [0.1, 0.15) is 36.0 Å². The zero-order valence-electron chi connectivity index (χ0n) is 12.4. The van der Waals surface area contributed by atoms with Crippen molar-refractivity contribution in [3.8, 4) is 6.07 Å². The molecule has 2 heteroatoms. The molecule has 1 fully saturated rings. The Morgan fingerprint density at radius 1 is 1.32 bits per heavy atom. The first-order chi connectivity index (χ1) is 9.04. The molecule has 1 aromatic rings. The Kier molecular flexibility index (Phi) is 4.27. The molecule has 0 atom stereocenters. The number of nitriles is 1. The molecular formula is C17H24N2. The van der Waals surface area contributed by atoms with Crippen molar-refractivity contribution in [1.29, 1.82) is 5.26 Å². The normalized spacial score (nSPS) is 17.0. The van der Waals surface area contributed by atoms with E-state index in [2.05, 4.69) is 50.1 Å². The van der Waals surface area contributed by atoms with Gasteiger partial charge in [0.25, 0.3) is 0 Å². The van der Waals surface area contributed by atoms with E-state index in [1.54, 1.807) is 0 Å². The molecule has 0 bridgehead atoms. The molecule has 0 spiro atoms. The van der Waals surface area contributed by atoms with E-state index < -0.39 is 0 Å². The van der Waals surface area contributed by atoms with E-state index in [0.717, 1.165) is 32.4 Å². The fraction of sp³-hybridized carbons (Fsp3) is 0.588. The van der Waals surface area contributed by atoms with Gasteiger partial charge in [0.15, 0.2) is 0 Å². The van der Waals surface area contributed by atoms with Crippen molar-refractivity contribution >= 4 is 0 Å². The van der Waals surface area contributed by atoms with Crippen LogP contribution in [0, 0.1) is 30.6 Å². The fourth-order valence-electron chi connectivity index (χ4n) is 2.94. The lowest BCUT2D eigenvalue weighted by Gasteiger charge is -2.38. The number of likely N-dealkylation sites (N-methyl/N-ethyl adjacent to an activating group) is 1. The summed E-state index contributed by atoms with van der Waals surface area (Å²) in [6.07, 6.45) is 4.46. The van der Waals surface area contributed by atoms with Crippen molar-refractivity contribution in [2.75, 3.05) is 20.1 Å². The van der Waals surface area contributed by atoms with Crippen LogP contribution < -0.4 is 0 Å². The van der Waals surface area contributed by atoms with E-state index in [-0.39, 0.29) is 5.41 Å². The largest absolute Gasteiger partial charge is 0.304 e. The summed E-state index contributed by atoms with van der Waals surface area (Å²) in [5.41, 5.74) is 4.09. The Balaban J connectivity index is 1.86. The van der Waals surface area contributed by atoms with Crippen LogP contribution in [-0.2, 0) is 6.42 Å². The Morgan fingerprint density at radius 2 is 2.05 bits per heavy atom. The van der Waals surface area contributed by atoms with Gasteiger partial charge in [0.05, 0.1) is 11.5 Å². The smallest absolute Gasteiger partial charge is 0.0703 e. The number of aryl methyl sites for hydroxylation is 2. The van der Waals surface area contributed by atoms with E-state index in [1.165, 1.54) is 23.1 Å². The van der Waals surface area contributed by atoms with E-state index in [0.29, 0.717) is 0 Å². The third kappa shape index (κ3) is 3.36. The molecule has 0 radical (unpaired) electrons. The van der Waals surface area contributed by atoms with Crippen LogP contribution in [0.3, 0.4) is 0 Å². The van der Waals surface area contributed by atoms with Gasteiger partial charge in [-0.2, -0.15) is 5.26 Å². The molecule has 19 heavy (non-hydrogen) atoms. The fourth-order valence-corrected chi connectivity index (χ4v) is 2.94. The SMILES string of the molecule is Cc1ccc(CCN(C)CC2(C#N)CCC2)c(C)c1. The van der Waals surface area contributed by atoms with Gasteiger partial charge in [-0.25, -0.2) is 0 Å². The van der Waals surface area contributed by atoms with E-state index in [9.17, 15) is 5.26 Å². The van der Waals surface area contributed by atoms with Gasteiger partial charge in [-0.05, 0) is 51.3 Å². The van der Waals surface area contributed by atoms with Crippen molar-refractivity contribution in [2.24, 2.45) is 5.41 Å². The van der Waals surface area contributed by atoms with Crippen LogP contribution in [0.5, 0.6) is 0 Å². The summed E-state index contributed by atoms with van der Waals surface area (Å²) in [6.45, 7) is 6.28. The predicted octanol–water partition coefficient (Wildman–Crippen LogP) is 3.47. The van der Waals surface area contributed by atoms with Gasteiger partial charge < -0.3 is 4.90 Å².